The van der Waals surface area contributed by atoms with Crippen LogP contribution in [0.5, 0.6) is 0 Å². The summed E-state index contributed by atoms with van der Waals surface area (Å²) in [7, 11) is 0. The highest BCUT2D eigenvalue weighted by atomic mass is 16.1. The summed E-state index contributed by atoms with van der Waals surface area (Å²) in [6, 6.07) is 16.6. The first kappa shape index (κ1) is 25.8. The number of hydrogen-bond acceptors (Lipinski definition) is 5. The number of aromatic nitrogens is 5. The fourth-order valence-electron chi connectivity index (χ4n) is 4.98. The lowest BCUT2D eigenvalue weighted by atomic mass is 9.96. The van der Waals surface area contributed by atoms with Crippen LogP contribution in [0.25, 0.3) is 10.9 Å². The van der Waals surface area contributed by atoms with Gasteiger partial charge in [0.2, 0.25) is 0 Å². The van der Waals surface area contributed by atoms with E-state index in [0.29, 0.717) is 13.1 Å². The molecule has 7 nitrogen and oxygen atoms in total. The molecule has 7 heteroatoms. The van der Waals surface area contributed by atoms with Crippen molar-refractivity contribution in [2.24, 2.45) is 5.92 Å². The Morgan fingerprint density at radius 3 is 2.44 bits per heavy atom. The molecule has 2 aromatic carbocycles. The van der Waals surface area contributed by atoms with Gasteiger partial charge in [-0.05, 0) is 79.1 Å². The minimum absolute atomic E-state index is 0.0523. The van der Waals surface area contributed by atoms with Crippen LogP contribution in [0, 0.1) is 19.8 Å². The first-order chi connectivity index (χ1) is 17.1. The van der Waals surface area contributed by atoms with Crippen molar-refractivity contribution in [2.75, 3.05) is 0 Å². The molecular formula is C29H38N6O. The van der Waals surface area contributed by atoms with E-state index in [9.17, 15) is 4.79 Å². The first-order valence-electron chi connectivity index (χ1n) is 12.8. The van der Waals surface area contributed by atoms with E-state index < -0.39 is 0 Å². The molecule has 4 rings (SSSR count). The molecule has 0 spiro atoms. The van der Waals surface area contributed by atoms with Crippen LogP contribution in [-0.2, 0) is 18.6 Å². The van der Waals surface area contributed by atoms with Gasteiger partial charge in [-0.2, -0.15) is 0 Å². The van der Waals surface area contributed by atoms with E-state index >= 15 is 0 Å². The second-order valence-electron chi connectivity index (χ2n) is 10.9. The zero-order chi connectivity index (χ0) is 26.0. The third kappa shape index (κ3) is 5.26. The van der Waals surface area contributed by atoms with Crippen molar-refractivity contribution in [3.63, 3.8) is 0 Å². The number of rotatable bonds is 9. The minimum atomic E-state index is -0.222. The average molecular weight is 487 g/mol. The van der Waals surface area contributed by atoms with Crippen LogP contribution in [0.3, 0.4) is 0 Å². The fraction of sp³-hybridized carbons (Fsp3) is 0.448. The summed E-state index contributed by atoms with van der Waals surface area (Å²) in [6.45, 7) is 16.1. The van der Waals surface area contributed by atoms with Crippen molar-refractivity contribution >= 4 is 10.9 Å². The highest BCUT2D eigenvalue weighted by Crippen LogP contribution is 2.33. The minimum Gasteiger partial charge on any atom is -0.321 e. The molecule has 0 aliphatic rings. The number of nitrogens with zero attached hydrogens (tertiary/aromatic N) is 5. The lowest BCUT2D eigenvalue weighted by Crippen LogP contribution is -2.38. The first-order valence-corrected chi connectivity index (χ1v) is 12.8. The van der Waals surface area contributed by atoms with Gasteiger partial charge in [-0.1, -0.05) is 62.7 Å². The Kier molecular flexibility index (Phi) is 7.41. The highest BCUT2D eigenvalue weighted by Gasteiger charge is 2.33. The number of hydrogen-bond donors (Lipinski definition) is 1. The molecule has 0 fully saturated rings. The van der Waals surface area contributed by atoms with E-state index in [1.807, 2.05) is 23.7 Å². The number of tetrazole rings is 1. The van der Waals surface area contributed by atoms with Crippen LogP contribution in [-0.4, -0.2) is 30.1 Å². The molecule has 190 valence electrons. The third-order valence-corrected chi connectivity index (χ3v) is 7.19. The van der Waals surface area contributed by atoms with Gasteiger partial charge < -0.3 is 4.98 Å². The molecule has 0 bridgehead atoms. The Labute approximate surface area is 213 Å². The Morgan fingerprint density at radius 1 is 1.06 bits per heavy atom. The van der Waals surface area contributed by atoms with Gasteiger partial charge in [0.15, 0.2) is 5.82 Å². The van der Waals surface area contributed by atoms with Crippen LogP contribution in [0.15, 0.2) is 53.3 Å². The summed E-state index contributed by atoms with van der Waals surface area (Å²) in [6.07, 6.45) is 0.900. The van der Waals surface area contributed by atoms with E-state index in [1.54, 1.807) is 0 Å². The lowest BCUT2D eigenvalue weighted by molar-refractivity contribution is 0.118. The summed E-state index contributed by atoms with van der Waals surface area (Å²) < 4.78 is 1.97. The maximum absolute atomic E-state index is 13.3. The zero-order valence-corrected chi connectivity index (χ0v) is 22.5. The Hall–Kier alpha value is -3.32. The molecule has 0 aliphatic heterocycles. The topological polar surface area (TPSA) is 79.7 Å². The van der Waals surface area contributed by atoms with Crippen molar-refractivity contribution in [3.8, 4) is 0 Å². The van der Waals surface area contributed by atoms with E-state index in [4.69, 9.17) is 0 Å². The zero-order valence-electron chi connectivity index (χ0n) is 22.5. The van der Waals surface area contributed by atoms with E-state index in [0.717, 1.165) is 34.3 Å². The van der Waals surface area contributed by atoms with Crippen molar-refractivity contribution in [3.05, 3.63) is 87.0 Å². The second-order valence-corrected chi connectivity index (χ2v) is 10.9. The highest BCUT2D eigenvalue weighted by molar-refractivity contribution is 5.82. The Morgan fingerprint density at radius 2 is 1.78 bits per heavy atom. The summed E-state index contributed by atoms with van der Waals surface area (Å²) in [5, 5.41) is 14.1. The molecule has 0 radical (unpaired) electrons. The molecule has 2 aromatic heterocycles. The number of H-pyrrole nitrogens is 1. The predicted molar refractivity (Wildman–Crippen MR) is 145 cm³/mol. The van der Waals surface area contributed by atoms with Gasteiger partial charge in [0, 0.05) is 18.7 Å². The number of aryl methyl sites for hydroxylation is 2. The molecule has 4 aromatic rings. The number of pyridine rings is 1. The van der Waals surface area contributed by atoms with E-state index in [2.05, 4.69) is 103 Å². The summed E-state index contributed by atoms with van der Waals surface area (Å²) in [5.74, 6) is 1.05. The molecule has 0 amide bonds. The average Bonchev–Trinajstić information content (AvgIpc) is 3.31. The predicted octanol–water partition coefficient (Wildman–Crippen LogP) is 5.68. The number of nitrogens with one attached hydrogen (secondary N) is 1. The van der Waals surface area contributed by atoms with Crippen LogP contribution < -0.4 is 5.56 Å². The van der Waals surface area contributed by atoms with Crippen molar-refractivity contribution in [2.45, 2.75) is 79.6 Å². The molecule has 0 saturated carbocycles. The summed E-state index contributed by atoms with van der Waals surface area (Å²) >= 11 is 0. The molecule has 1 atom stereocenters. The molecule has 0 saturated heterocycles. The van der Waals surface area contributed by atoms with Gasteiger partial charge in [-0.25, -0.2) is 4.68 Å². The van der Waals surface area contributed by atoms with E-state index in [-0.39, 0.29) is 23.1 Å². The number of benzene rings is 2. The van der Waals surface area contributed by atoms with Gasteiger partial charge in [-0.15, -0.1) is 5.10 Å². The van der Waals surface area contributed by atoms with Gasteiger partial charge in [0.1, 0.15) is 0 Å². The van der Waals surface area contributed by atoms with Crippen molar-refractivity contribution in [1.29, 1.82) is 0 Å². The molecule has 2 heterocycles. The molecule has 1 N–H and O–H groups in total. The van der Waals surface area contributed by atoms with Gasteiger partial charge >= 0.3 is 0 Å². The fourth-order valence-corrected chi connectivity index (χ4v) is 4.98. The number of aromatic amines is 1. The van der Waals surface area contributed by atoms with Crippen LogP contribution in [0.4, 0.5) is 0 Å². The molecular weight excluding hydrogens is 448 g/mol. The largest absolute Gasteiger partial charge is 0.321 e. The van der Waals surface area contributed by atoms with Gasteiger partial charge in [-0.3, -0.25) is 9.69 Å². The standard InChI is InChI=1S/C29H38N6O/c1-8-29(6,7)35-27(31-32-33-35)26(19(2)3)34(17-22-12-10-9-11-13-22)18-24-16-23-15-20(4)14-21(5)25(23)30-28(24)36/h9-16,19,26H,8,17-18H2,1-7H3,(H,30,36)/t26-/m0/s1. The van der Waals surface area contributed by atoms with Crippen LogP contribution >= 0.6 is 0 Å². The quantitative estimate of drug-likeness (QED) is 0.329. The third-order valence-electron chi connectivity index (χ3n) is 7.19. The lowest BCUT2D eigenvalue weighted by Gasteiger charge is -2.35. The maximum Gasteiger partial charge on any atom is 0.252 e. The summed E-state index contributed by atoms with van der Waals surface area (Å²) in [5.41, 5.74) is 4.81. The van der Waals surface area contributed by atoms with Crippen LogP contribution in [0.2, 0.25) is 0 Å². The second kappa shape index (κ2) is 10.3. The molecule has 0 aliphatic carbocycles. The van der Waals surface area contributed by atoms with Gasteiger partial charge in [0.25, 0.3) is 5.56 Å². The molecule has 36 heavy (non-hydrogen) atoms. The Balaban J connectivity index is 1.83. The maximum atomic E-state index is 13.3. The van der Waals surface area contributed by atoms with Crippen LogP contribution in [0.1, 0.15) is 75.2 Å². The van der Waals surface area contributed by atoms with Gasteiger partial charge in [0.05, 0.1) is 17.1 Å². The molecule has 0 unspecified atom stereocenters. The smallest absolute Gasteiger partial charge is 0.252 e. The van der Waals surface area contributed by atoms with Crippen molar-refractivity contribution < 1.29 is 0 Å². The van der Waals surface area contributed by atoms with Crippen molar-refractivity contribution in [1.82, 2.24) is 30.1 Å². The Bertz CT molecular complexity index is 1390. The number of fused-ring (bicyclic) bond motifs is 1. The summed E-state index contributed by atoms with van der Waals surface area (Å²) in [4.78, 5) is 18.8. The monoisotopic (exact) mass is 486 g/mol. The SMILES string of the molecule is CCC(C)(C)n1nnnc1[C@H](C(C)C)N(Cc1ccccc1)Cc1cc2cc(C)cc(C)c2[nH]c1=O. The van der Waals surface area contributed by atoms with E-state index in [1.165, 1.54) is 11.1 Å². The normalized spacial score (nSPS) is 13.1.